The van der Waals surface area contributed by atoms with Crippen molar-refractivity contribution in [3.8, 4) is 23.0 Å². The lowest BCUT2D eigenvalue weighted by Crippen LogP contribution is -2.38. The van der Waals surface area contributed by atoms with E-state index in [1.807, 2.05) is 0 Å². The second-order valence-corrected chi connectivity index (χ2v) is 5.92. The van der Waals surface area contributed by atoms with Gasteiger partial charge >= 0.3 is 0 Å². The molecule has 130 valence electrons. The van der Waals surface area contributed by atoms with Crippen LogP contribution in [0.5, 0.6) is 23.0 Å². The van der Waals surface area contributed by atoms with E-state index in [0.717, 1.165) is 0 Å². The van der Waals surface area contributed by atoms with Crippen molar-refractivity contribution in [3.05, 3.63) is 10.0 Å². The number of carbonyl (C=O) groups excluding carboxylic acids is 1. The smallest absolute Gasteiger partial charge is 0.283 e. The van der Waals surface area contributed by atoms with E-state index in [4.69, 9.17) is 29.6 Å². The molecule has 3 N–H and O–H groups in total. The minimum atomic E-state index is -0.593. The molecule has 0 fully saturated rings. The number of hydrazine groups is 1. The van der Waals surface area contributed by atoms with Crippen molar-refractivity contribution in [1.82, 2.24) is 5.43 Å². The van der Waals surface area contributed by atoms with Gasteiger partial charge < -0.3 is 23.8 Å². The predicted molar refractivity (Wildman–Crippen MR) is 86.1 cm³/mol. The standard InChI is InChI=1S/C14H16BrN3O6/c1-5-8(14(19)17-16)18-24-9(5)6-7(15)11(21-3)13-12(10(6)20-2)22-4-23-13/h5,9H,4,16H2,1-3H3,(H,17,19)/t5-,9+/m0/s1. The third-order valence-electron chi connectivity index (χ3n) is 3.91. The number of fused-ring (bicyclic) bond motifs is 1. The van der Waals surface area contributed by atoms with Gasteiger partial charge in [-0.3, -0.25) is 10.2 Å². The molecule has 24 heavy (non-hydrogen) atoms. The van der Waals surface area contributed by atoms with E-state index in [-0.39, 0.29) is 18.4 Å². The maximum Gasteiger partial charge on any atom is 0.283 e. The van der Waals surface area contributed by atoms with Crippen molar-refractivity contribution >= 4 is 27.5 Å². The Morgan fingerprint density at radius 3 is 2.50 bits per heavy atom. The lowest BCUT2D eigenvalue weighted by atomic mass is 9.92. The minimum absolute atomic E-state index is 0.0519. The Kier molecular flexibility index (Phi) is 4.41. The highest BCUT2D eigenvalue weighted by Gasteiger charge is 2.42. The lowest BCUT2D eigenvalue weighted by Gasteiger charge is -2.21. The topological polar surface area (TPSA) is 114 Å². The Morgan fingerprint density at radius 1 is 1.29 bits per heavy atom. The van der Waals surface area contributed by atoms with Gasteiger partial charge in [-0.05, 0) is 15.9 Å². The van der Waals surface area contributed by atoms with Gasteiger partial charge in [-0.2, -0.15) is 0 Å². The monoisotopic (exact) mass is 401 g/mol. The van der Waals surface area contributed by atoms with Crippen molar-refractivity contribution < 1.29 is 28.6 Å². The van der Waals surface area contributed by atoms with Crippen LogP contribution in [-0.4, -0.2) is 32.6 Å². The molecule has 10 heteroatoms. The molecule has 3 rings (SSSR count). The molecule has 1 aromatic rings. The van der Waals surface area contributed by atoms with Crippen molar-refractivity contribution in [2.75, 3.05) is 21.0 Å². The van der Waals surface area contributed by atoms with Gasteiger partial charge in [0.1, 0.15) is 0 Å². The van der Waals surface area contributed by atoms with Crippen LogP contribution in [0.1, 0.15) is 18.6 Å². The van der Waals surface area contributed by atoms with Crippen LogP contribution < -0.4 is 30.2 Å². The third kappa shape index (κ3) is 2.33. The first-order valence-corrected chi connectivity index (χ1v) is 7.82. The summed E-state index contributed by atoms with van der Waals surface area (Å²) < 4.78 is 22.5. The molecule has 0 bridgehead atoms. The SMILES string of the molecule is COc1c(Br)c([C@@H]2ON=C(C(=O)NN)[C@@H]2C)c(OC)c2c1OCO2. The molecule has 0 unspecified atom stereocenters. The summed E-state index contributed by atoms with van der Waals surface area (Å²) in [7, 11) is 3.02. The molecule has 0 radical (unpaired) electrons. The number of nitrogens with zero attached hydrogens (tertiary/aromatic N) is 1. The molecule has 0 aromatic heterocycles. The normalized spacial score (nSPS) is 21.1. The van der Waals surface area contributed by atoms with Gasteiger partial charge in [0.2, 0.25) is 18.3 Å². The van der Waals surface area contributed by atoms with Crippen molar-refractivity contribution in [1.29, 1.82) is 0 Å². The fraction of sp³-hybridized carbons (Fsp3) is 0.429. The maximum atomic E-state index is 11.8. The molecule has 0 saturated heterocycles. The van der Waals surface area contributed by atoms with Gasteiger partial charge in [0.05, 0.1) is 30.2 Å². The highest BCUT2D eigenvalue weighted by molar-refractivity contribution is 9.10. The summed E-state index contributed by atoms with van der Waals surface area (Å²) in [6.07, 6.45) is -0.593. The highest BCUT2D eigenvalue weighted by Crippen LogP contribution is 2.57. The van der Waals surface area contributed by atoms with E-state index in [1.165, 1.54) is 14.2 Å². The molecule has 0 spiro atoms. The number of methoxy groups -OCH3 is 2. The van der Waals surface area contributed by atoms with E-state index >= 15 is 0 Å². The van der Waals surface area contributed by atoms with Crippen molar-refractivity contribution in [2.24, 2.45) is 16.9 Å². The molecule has 2 aliphatic rings. The molecule has 1 aromatic carbocycles. The average molecular weight is 402 g/mol. The Bertz CT molecular complexity index is 723. The Hall–Kier alpha value is -2.20. The molecule has 0 aliphatic carbocycles. The lowest BCUT2D eigenvalue weighted by molar-refractivity contribution is -0.115. The van der Waals surface area contributed by atoms with Crippen LogP contribution in [0, 0.1) is 5.92 Å². The van der Waals surface area contributed by atoms with Crippen LogP contribution in [0.2, 0.25) is 0 Å². The van der Waals surface area contributed by atoms with E-state index in [9.17, 15) is 4.79 Å². The summed E-state index contributed by atoms with van der Waals surface area (Å²) in [6, 6.07) is 0. The molecule has 0 saturated carbocycles. The summed E-state index contributed by atoms with van der Waals surface area (Å²) in [6.45, 7) is 1.85. The van der Waals surface area contributed by atoms with E-state index in [1.54, 1.807) is 6.92 Å². The number of nitrogens with one attached hydrogen (secondary N) is 1. The Morgan fingerprint density at radius 2 is 1.92 bits per heavy atom. The number of halogens is 1. The summed E-state index contributed by atoms with van der Waals surface area (Å²) in [4.78, 5) is 17.3. The third-order valence-corrected chi connectivity index (χ3v) is 4.70. The molecule has 1 amide bonds. The molecule has 2 heterocycles. The zero-order valence-corrected chi connectivity index (χ0v) is 14.8. The molecular formula is C14H16BrN3O6. The van der Waals surface area contributed by atoms with Crippen LogP contribution in [0.3, 0.4) is 0 Å². The molecular weight excluding hydrogens is 386 g/mol. The summed E-state index contributed by atoms with van der Waals surface area (Å²) in [5.41, 5.74) is 2.85. The van der Waals surface area contributed by atoms with Gasteiger partial charge in [-0.25, -0.2) is 5.84 Å². The van der Waals surface area contributed by atoms with E-state index < -0.39 is 12.0 Å². The molecule has 2 atom stereocenters. The number of rotatable bonds is 4. The van der Waals surface area contributed by atoms with Gasteiger partial charge in [0, 0.05) is 0 Å². The number of carbonyl (C=O) groups is 1. The van der Waals surface area contributed by atoms with Gasteiger partial charge in [-0.1, -0.05) is 12.1 Å². The summed E-state index contributed by atoms with van der Waals surface area (Å²) in [5.74, 6) is 6.03. The largest absolute Gasteiger partial charge is 0.492 e. The van der Waals surface area contributed by atoms with Crippen LogP contribution >= 0.6 is 15.9 Å². The van der Waals surface area contributed by atoms with Gasteiger partial charge in [0.15, 0.2) is 23.3 Å². The number of hydrogen-bond acceptors (Lipinski definition) is 8. The first-order chi connectivity index (χ1) is 11.5. The first kappa shape index (κ1) is 16.7. The number of benzene rings is 1. The number of oxime groups is 1. The number of amides is 1. The van der Waals surface area contributed by atoms with Crippen molar-refractivity contribution in [3.63, 3.8) is 0 Å². The van der Waals surface area contributed by atoms with E-state index in [2.05, 4.69) is 26.5 Å². The number of ether oxygens (including phenoxy) is 4. The second-order valence-electron chi connectivity index (χ2n) is 5.12. The van der Waals surface area contributed by atoms with Crippen molar-refractivity contribution in [2.45, 2.75) is 13.0 Å². The van der Waals surface area contributed by atoms with Crippen LogP contribution in [-0.2, 0) is 9.63 Å². The highest BCUT2D eigenvalue weighted by atomic mass is 79.9. The van der Waals surface area contributed by atoms with Gasteiger partial charge in [-0.15, -0.1) is 0 Å². The fourth-order valence-electron chi connectivity index (χ4n) is 2.76. The number of nitrogens with two attached hydrogens (primary N) is 1. The maximum absolute atomic E-state index is 11.8. The van der Waals surface area contributed by atoms with E-state index in [0.29, 0.717) is 33.0 Å². The van der Waals surface area contributed by atoms with Crippen LogP contribution in [0.15, 0.2) is 9.63 Å². The first-order valence-electron chi connectivity index (χ1n) is 7.02. The quantitative estimate of drug-likeness (QED) is 0.443. The number of hydrogen-bond donors (Lipinski definition) is 2. The Labute approximate surface area is 146 Å². The zero-order chi connectivity index (χ0) is 17.4. The average Bonchev–Trinajstić information content (AvgIpc) is 3.20. The van der Waals surface area contributed by atoms with Crippen LogP contribution in [0.4, 0.5) is 0 Å². The minimum Gasteiger partial charge on any atom is -0.492 e. The summed E-state index contributed by atoms with van der Waals surface area (Å²) in [5, 5.41) is 3.85. The van der Waals surface area contributed by atoms with Gasteiger partial charge in [0.25, 0.3) is 5.91 Å². The predicted octanol–water partition coefficient (Wildman–Crippen LogP) is 1.25. The summed E-state index contributed by atoms with van der Waals surface area (Å²) >= 11 is 3.50. The second kappa shape index (κ2) is 6.36. The van der Waals surface area contributed by atoms with Crippen LogP contribution in [0.25, 0.3) is 0 Å². The Balaban J connectivity index is 2.11. The molecule has 9 nitrogen and oxygen atoms in total. The molecule has 2 aliphatic heterocycles. The zero-order valence-electron chi connectivity index (χ0n) is 13.2. The fourth-order valence-corrected chi connectivity index (χ4v) is 3.50.